The number of nitrogens with one attached hydrogen (secondary N) is 2. The van der Waals surface area contributed by atoms with Crippen molar-refractivity contribution in [3.63, 3.8) is 0 Å². The molecule has 2 heterocycles. The van der Waals surface area contributed by atoms with Gasteiger partial charge in [-0.1, -0.05) is 0 Å². The third-order valence-corrected chi connectivity index (χ3v) is 2.72. The quantitative estimate of drug-likeness (QED) is 0.743. The summed E-state index contributed by atoms with van der Waals surface area (Å²) in [6, 6.07) is 3.35. The zero-order valence-electron chi connectivity index (χ0n) is 9.91. The van der Waals surface area contributed by atoms with E-state index in [-0.39, 0.29) is 5.56 Å². The molecule has 0 aliphatic heterocycles. The van der Waals surface area contributed by atoms with E-state index >= 15 is 0 Å². The molecular formula is C12H9F2N5. The van der Waals surface area contributed by atoms with Gasteiger partial charge in [-0.2, -0.15) is 10.1 Å². The Hall–Kier alpha value is -2.57. The Morgan fingerprint density at radius 2 is 2.05 bits per heavy atom. The van der Waals surface area contributed by atoms with Crippen LogP contribution in [0.1, 0.15) is 0 Å². The van der Waals surface area contributed by atoms with Crippen molar-refractivity contribution in [2.24, 2.45) is 0 Å². The first-order valence-corrected chi connectivity index (χ1v) is 5.53. The third-order valence-electron chi connectivity index (χ3n) is 2.72. The summed E-state index contributed by atoms with van der Waals surface area (Å²) in [6.07, 6.45) is 1.51. The van der Waals surface area contributed by atoms with E-state index in [4.69, 9.17) is 0 Å². The van der Waals surface area contributed by atoms with Gasteiger partial charge in [0.15, 0.2) is 5.65 Å². The Morgan fingerprint density at radius 1 is 1.21 bits per heavy atom. The SMILES string of the molecule is CNc1nc(-c2ccc(F)cc2F)c2cn[nH]c2n1. The van der Waals surface area contributed by atoms with E-state index in [1.807, 2.05) is 0 Å². The van der Waals surface area contributed by atoms with Crippen LogP contribution in [-0.4, -0.2) is 27.2 Å². The highest BCUT2D eigenvalue weighted by atomic mass is 19.1. The van der Waals surface area contributed by atoms with Crippen molar-refractivity contribution in [3.05, 3.63) is 36.0 Å². The Kier molecular flexibility index (Phi) is 2.59. The van der Waals surface area contributed by atoms with E-state index < -0.39 is 11.6 Å². The van der Waals surface area contributed by atoms with Crippen molar-refractivity contribution in [1.29, 1.82) is 0 Å². The molecule has 0 amide bonds. The van der Waals surface area contributed by atoms with E-state index in [1.165, 1.54) is 18.3 Å². The van der Waals surface area contributed by atoms with Crippen LogP contribution in [0.5, 0.6) is 0 Å². The molecule has 0 aliphatic carbocycles. The average molecular weight is 261 g/mol. The van der Waals surface area contributed by atoms with Gasteiger partial charge in [0, 0.05) is 18.7 Å². The summed E-state index contributed by atoms with van der Waals surface area (Å²) >= 11 is 0. The first-order chi connectivity index (χ1) is 9.19. The fourth-order valence-electron chi connectivity index (χ4n) is 1.83. The number of hydrogen-bond acceptors (Lipinski definition) is 4. The van der Waals surface area contributed by atoms with Crippen molar-refractivity contribution < 1.29 is 8.78 Å². The highest BCUT2D eigenvalue weighted by molar-refractivity contribution is 5.90. The summed E-state index contributed by atoms with van der Waals surface area (Å²) in [7, 11) is 1.66. The topological polar surface area (TPSA) is 66.5 Å². The van der Waals surface area contributed by atoms with Gasteiger partial charge in [0.05, 0.1) is 17.3 Å². The molecule has 0 atom stereocenters. The van der Waals surface area contributed by atoms with Gasteiger partial charge in [-0.05, 0) is 12.1 Å². The number of aromatic nitrogens is 4. The minimum Gasteiger partial charge on any atom is -0.357 e. The van der Waals surface area contributed by atoms with Crippen molar-refractivity contribution in [3.8, 4) is 11.3 Å². The molecule has 0 saturated heterocycles. The van der Waals surface area contributed by atoms with E-state index in [9.17, 15) is 8.78 Å². The first kappa shape index (κ1) is 11.5. The predicted octanol–water partition coefficient (Wildman–Crippen LogP) is 2.34. The Bertz CT molecular complexity index is 753. The second-order valence-electron chi connectivity index (χ2n) is 3.90. The molecule has 7 heteroatoms. The maximum atomic E-state index is 13.9. The minimum atomic E-state index is -0.678. The van der Waals surface area contributed by atoms with Crippen LogP contribution >= 0.6 is 0 Å². The maximum absolute atomic E-state index is 13.9. The normalized spacial score (nSPS) is 10.9. The zero-order valence-corrected chi connectivity index (χ0v) is 9.91. The number of halogens is 2. The lowest BCUT2D eigenvalue weighted by atomic mass is 10.1. The number of nitrogens with zero attached hydrogens (tertiary/aromatic N) is 3. The molecule has 0 bridgehead atoms. The second-order valence-corrected chi connectivity index (χ2v) is 3.90. The zero-order chi connectivity index (χ0) is 13.4. The maximum Gasteiger partial charge on any atom is 0.225 e. The van der Waals surface area contributed by atoms with Gasteiger partial charge in [0.2, 0.25) is 5.95 Å². The minimum absolute atomic E-state index is 0.201. The number of hydrogen-bond donors (Lipinski definition) is 2. The van der Waals surface area contributed by atoms with E-state index in [1.54, 1.807) is 7.05 Å². The van der Waals surface area contributed by atoms with Crippen LogP contribution in [0.3, 0.4) is 0 Å². The van der Waals surface area contributed by atoms with Gasteiger partial charge in [-0.25, -0.2) is 13.8 Å². The smallest absolute Gasteiger partial charge is 0.225 e. The Balaban J connectivity index is 2.31. The Morgan fingerprint density at radius 3 is 2.79 bits per heavy atom. The fraction of sp³-hybridized carbons (Fsp3) is 0.0833. The number of benzene rings is 1. The van der Waals surface area contributed by atoms with E-state index in [0.29, 0.717) is 22.7 Å². The largest absolute Gasteiger partial charge is 0.357 e. The van der Waals surface area contributed by atoms with Crippen LogP contribution in [0, 0.1) is 11.6 Å². The van der Waals surface area contributed by atoms with Crippen LogP contribution in [0.4, 0.5) is 14.7 Å². The molecule has 5 nitrogen and oxygen atoms in total. The Labute approximate surface area is 106 Å². The highest BCUT2D eigenvalue weighted by Crippen LogP contribution is 2.28. The third kappa shape index (κ3) is 1.88. The summed E-state index contributed by atoms with van der Waals surface area (Å²) in [5, 5.41) is 9.91. The summed E-state index contributed by atoms with van der Waals surface area (Å²) in [6.45, 7) is 0. The van der Waals surface area contributed by atoms with Gasteiger partial charge in [-0.3, -0.25) is 5.10 Å². The van der Waals surface area contributed by atoms with Gasteiger partial charge < -0.3 is 5.32 Å². The summed E-state index contributed by atoms with van der Waals surface area (Å²) < 4.78 is 26.8. The van der Waals surface area contributed by atoms with Gasteiger partial charge in [0.1, 0.15) is 11.6 Å². The summed E-state index contributed by atoms with van der Waals surface area (Å²) in [5.74, 6) is -0.980. The van der Waals surface area contributed by atoms with Gasteiger partial charge in [-0.15, -0.1) is 0 Å². The summed E-state index contributed by atoms with van der Waals surface area (Å²) in [4.78, 5) is 8.36. The fourth-order valence-corrected chi connectivity index (χ4v) is 1.83. The van der Waals surface area contributed by atoms with Crippen molar-refractivity contribution in [2.45, 2.75) is 0 Å². The van der Waals surface area contributed by atoms with Gasteiger partial charge >= 0.3 is 0 Å². The molecule has 2 N–H and O–H groups in total. The van der Waals surface area contributed by atoms with Crippen molar-refractivity contribution in [1.82, 2.24) is 20.2 Å². The molecule has 3 aromatic rings. The van der Waals surface area contributed by atoms with Gasteiger partial charge in [0.25, 0.3) is 0 Å². The molecule has 0 spiro atoms. The molecule has 2 aromatic heterocycles. The number of H-pyrrole nitrogens is 1. The van der Waals surface area contributed by atoms with E-state index in [2.05, 4.69) is 25.5 Å². The van der Waals surface area contributed by atoms with E-state index in [0.717, 1.165) is 6.07 Å². The van der Waals surface area contributed by atoms with Crippen LogP contribution in [0.15, 0.2) is 24.4 Å². The second kappa shape index (κ2) is 4.27. The van der Waals surface area contributed by atoms with Crippen LogP contribution in [0.2, 0.25) is 0 Å². The number of anilines is 1. The number of rotatable bonds is 2. The molecule has 19 heavy (non-hydrogen) atoms. The summed E-state index contributed by atoms with van der Waals surface area (Å²) in [5.41, 5.74) is 1.05. The molecule has 0 fully saturated rings. The number of fused-ring (bicyclic) bond motifs is 1. The monoisotopic (exact) mass is 261 g/mol. The first-order valence-electron chi connectivity index (χ1n) is 5.53. The molecule has 0 aliphatic rings. The lowest BCUT2D eigenvalue weighted by molar-refractivity contribution is 0.585. The molecule has 0 unspecified atom stereocenters. The van der Waals surface area contributed by atoms with Crippen molar-refractivity contribution in [2.75, 3.05) is 12.4 Å². The van der Waals surface area contributed by atoms with Crippen LogP contribution in [0.25, 0.3) is 22.3 Å². The van der Waals surface area contributed by atoms with Crippen LogP contribution < -0.4 is 5.32 Å². The highest BCUT2D eigenvalue weighted by Gasteiger charge is 2.14. The van der Waals surface area contributed by atoms with Crippen LogP contribution in [-0.2, 0) is 0 Å². The van der Waals surface area contributed by atoms with Crippen molar-refractivity contribution >= 4 is 17.0 Å². The lowest BCUT2D eigenvalue weighted by Crippen LogP contribution is -1.99. The molecular weight excluding hydrogens is 252 g/mol. The molecule has 0 radical (unpaired) electrons. The lowest BCUT2D eigenvalue weighted by Gasteiger charge is -2.06. The standard InChI is InChI=1S/C12H9F2N5/c1-15-12-17-10(8-5-16-19-11(8)18-12)7-3-2-6(13)4-9(7)14/h2-5H,1H3,(H2,15,16,17,18,19). The number of aromatic amines is 1. The molecule has 3 rings (SSSR count). The average Bonchev–Trinajstić information content (AvgIpc) is 2.86. The predicted molar refractivity (Wildman–Crippen MR) is 66.6 cm³/mol. The molecule has 0 saturated carbocycles. The molecule has 1 aromatic carbocycles. The molecule has 96 valence electrons.